The van der Waals surface area contributed by atoms with Gasteiger partial charge in [0.1, 0.15) is 6.04 Å². The molecule has 0 aromatic heterocycles. The van der Waals surface area contributed by atoms with Gasteiger partial charge < -0.3 is 10.4 Å². The van der Waals surface area contributed by atoms with E-state index in [9.17, 15) is 14.7 Å². The third kappa shape index (κ3) is 4.08. The van der Waals surface area contributed by atoms with Crippen LogP contribution in [0.4, 0.5) is 0 Å². The van der Waals surface area contributed by atoms with Crippen molar-refractivity contribution in [2.45, 2.75) is 12.5 Å². The number of carboxylic acid groups (broad SMARTS) is 1. The maximum absolute atomic E-state index is 13.2. The number of fused-ring (bicyclic) bond motifs is 2. The molecule has 0 bridgehead atoms. The number of aliphatic carboxylic acids is 1. The third-order valence-electron chi connectivity index (χ3n) is 5.08. The molecule has 0 heterocycles. The maximum Gasteiger partial charge on any atom is 0.326 e. The number of carbonyl (C=O) groups is 2. The first kappa shape index (κ1) is 19.4. The molecule has 4 rings (SSSR count). The third-order valence-corrected chi connectivity index (χ3v) is 5.08. The normalized spacial score (nSPS) is 12.3. The van der Waals surface area contributed by atoms with Crippen molar-refractivity contribution < 1.29 is 14.7 Å². The topological polar surface area (TPSA) is 66.4 Å². The molecule has 0 saturated carbocycles. The van der Waals surface area contributed by atoms with E-state index in [2.05, 4.69) is 5.32 Å². The maximum atomic E-state index is 13.2. The number of hydrogen-bond acceptors (Lipinski definition) is 2. The van der Waals surface area contributed by atoms with Crippen molar-refractivity contribution in [3.8, 4) is 0 Å². The van der Waals surface area contributed by atoms with E-state index >= 15 is 0 Å². The van der Waals surface area contributed by atoms with Crippen molar-refractivity contribution >= 4 is 39.5 Å². The van der Waals surface area contributed by atoms with Crippen molar-refractivity contribution in [1.29, 1.82) is 0 Å². The summed E-state index contributed by atoms with van der Waals surface area (Å²) >= 11 is 0. The van der Waals surface area contributed by atoms with Gasteiger partial charge in [-0.1, -0.05) is 91.0 Å². The molecule has 148 valence electrons. The van der Waals surface area contributed by atoms with E-state index in [0.29, 0.717) is 5.56 Å². The molecule has 0 aliphatic heterocycles. The van der Waals surface area contributed by atoms with Crippen LogP contribution in [-0.2, 0) is 4.79 Å². The fourth-order valence-corrected chi connectivity index (χ4v) is 3.61. The lowest BCUT2D eigenvalue weighted by Crippen LogP contribution is -2.40. The van der Waals surface area contributed by atoms with Gasteiger partial charge in [-0.3, -0.25) is 4.79 Å². The monoisotopic (exact) mass is 395 g/mol. The van der Waals surface area contributed by atoms with E-state index in [-0.39, 0.29) is 12.3 Å². The summed E-state index contributed by atoms with van der Waals surface area (Å²) in [6.07, 6.45) is 3.82. The Kier molecular flexibility index (Phi) is 5.57. The average molecular weight is 395 g/mol. The number of nitrogens with one attached hydrogen (secondary N) is 1. The average Bonchev–Trinajstić information content (AvgIpc) is 2.77. The zero-order valence-electron chi connectivity index (χ0n) is 16.3. The SMILES string of the molecule is O=C(N[C@H](C/C=C/c1ccccc1)C(=O)O)c1c2ccccc2cc2ccccc12. The van der Waals surface area contributed by atoms with E-state index in [0.717, 1.165) is 27.1 Å². The lowest BCUT2D eigenvalue weighted by molar-refractivity contribution is -0.139. The van der Waals surface area contributed by atoms with Crippen LogP contribution in [0.5, 0.6) is 0 Å². The van der Waals surface area contributed by atoms with Gasteiger partial charge >= 0.3 is 5.97 Å². The molecule has 2 N–H and O–H groups in total. The summed E-state index contributed by atoms with van der Waals surface area (Å²) in [5, 5.41) is 15.8. The van der Waals surface area contributed by atoms with Crippen LogP contribution >= 0.6 is 0 Å². The quantitative estimate of drug-likeness (QED) is 0.437. The molecule has 0 unspecified atom stereocenters. The molecule has 4 heteroatoms. The van der Waals surface area contributed by atoms with E-state index in [1.54, 1.807) is 6.08 Å². The van der Waals surface area contributed by atoms with Gasteiger partial charge in [0.2, 0.25) is 0 Å². The Morgan fingerprint density at radius 2 is 1.40 bits per heavy atom. The lowest BCUT2D eigenvalue weighted by atomic mass is 9.96. The number of hydrogen-bond donors (Lipinski definition) is 2. The highest BCUT2D eigenvalue weighted by Crippen LogP contribution is 2.28. The van der Waals surface area contributed by atoms with Crippen LogP contribution in [0.25, 0.3) is 27.6 Å². The van der Waals surface area contributed by atoms with Crippen LogP contribution in [0, 0.1) is 0 Å². The summed E-state index contributed by atoms with van der Waals surface area (Å²) in [5.74, 6) is -1.45. The Balaban J connectivity index is 1.65. The van der Waals surface area contributed by atoms with Crippen LogP contribution in [0.1, 0.15) is 22.3 Å². The Bertz CT molecular complexity index is 1190. The molecular weight excluding hydrogens is 374 g/mol. The highest BCUT2D eigenvalue weighted by molar-refractivity contribution is 6.18. The lowest BCUT2D eigenvalue weighted by Gasteiger charge is -2.16. The second-order valence-corrected chi connectivity index (χ2v) is 7.11. The predicted molar refractivity (Wildman–Crippen MR) is 120 cm³/mol. The molecule has 1 amide bonds. The number of benzene rings is 4. The van der Waals surface area contributed by atoms with Crippen molar-refractivity contribution in [2.24, 2.45) is 0 Å². The van der Waals surface area contributed by atoms with E-state index in [1.165, 1.54) is 0 Å². The summed E-state index contributed by atoms with van der Waals surface area (Å²) in [5.41, 5.74) is 1.48. The molecule has 0 aliphatic rings. The summed E-state index contributed by atoms with van der Waals surface area (Å²) in [7, 11) is 0. The minimum absolute atomic E-state index is 0.193. The summed E-state index contributed by atoms with van der Waals surface area (Å²) in [6, 6.07) is 26.0. The molecule has 4 aromatic carbocycles. The Labute approximate surface area is 174 Å². The van der Waals surface area contributed by atoms with Gasteiger partial charge in [-0.25, -0.2) is 4.79 Å². The molecule has 0 fully saturated rings. The van der Waals surface area contributed by atoms with Crippen LogP contribution in [0.15, 0.2) is 91.0 Å². The van der Waals surface area contributed by atoms with Crippen molar-refractivity contribution in [2.75, 3.05) is 0 Å². The second kappa shape index (κ2) is 8.62. The van der Waals surface area contributed by atoms with Gasteiger partial charge in [-0.2, -0.15) is 0 Å². The largest absolute Gasteiger partial charge is 0.480 e. The van der Waals surface area contributed by atoms with E-state index < -0.39 is 12.0 Å². The van der Waals surface area contributed by atoms with Crippen LogP contribution in [0.3, 0.4) is 0 Å². The molecule has 4 aromatic rings. The molecule has 30 heavy (non-hydrogen) atoms. The van der Waals surface area contributed by atoms with Gasteiger partial charge in [0, 0.05) is 0 Å². The number of carboxylic acids is 1. The first-order valence-corrected chi connectivity index (χ1v) is 9.79. The first-order valence-electron chi connectivity index (χ1n) is 9.79. The molecule has 0 aliphatic carbocycles. The minimum atomic E-state index is -1.06. The van der Waals surface area contributed by atoms with Crippen LogP contribution in [-0.4, -0.2) is 23.0 Å². The molecule has 0 radical (unpaired) electrons. The Hall–Kier alpha value is -3.92. The second-order valence-electron chi connectivity index (χ2n) is 7.11. The molecule has 4 nitrogen and oxygen atoms in total. The van der Waals surface area contributed by atoms with E-state index in [1.807, 2.05) is 91.0 Å². The van der Waals surface area contributed by atoms with Crippen molar-refractivity contribution in [1.82, 2.24) is 5.32 Å². The Morgan fingerprint density at radius 1 is 0.833 bits per heavy atom. The Morgan fingerprint density at radius 3 is 2.00 bits per heavy atom. The predicted octanol–water partition coefficient (Wildman–Crippen LogP) is 5.28. The summed E-state index contributed by atoms with van der Waals surface area (Å²) < 4.78 is 0. The minimum Gasteiger partial charge on any atom is -0.480 e. The van der Waals surface area contributed by atoms with Gasteiger partial charge in [-0.05, 0) is 39.6 Å². The van der Waals surface area contributed by atoms with Crippen LogP contribution < -0.4 is 5.32 Å². The summed E-state index contributed by atoms with van der Waals surface area (Å²) in [6.45, 7) is 0. The zero-order chi connectivity index (χ0) is 20.9. The van der Waals surface area contributed by atoms with Crippen molar-refractivity contribution in [3.63, 3.8) is 0 Å². The molecule has 0 spiro atoms. The number of carbonyl (C=O) groups excluding carboxylic acids is 1. The fraction of sp³-hybridized carbons (Fsp3) is 0.0769. The zero-order valence-corrected chi connectivity index (χ0v) is 16.3. The number of amides is 1. The van der Waals surface area contributed by atoms with Gasteiger partial charge in [0.15, 0.2) is 0 Å². The van der Waals surface area contributed by atoms with Gasteiger partial charge in [0.25, 0.3) is 5.91 Å². The summed E-state index contributed by atoms with van der Waals surface area (Å²) in [4.78, 5) is 25.0. The molecule has 1 atom stereocenters. The molecular formula is C26H21NO3. The smallest absolute Gasteiger partial charge is 0.326 e. The van der Waals surface area contributed by atoms with Gasteiger partial charge in [-0.15, -0.1) is 0 Å². The highest BCUT2D eigenvalue weighted by Gasteiger charge is 2.22. The molecule has 0 saturated heterocycles. The van der Waals surface area contributed by atoms with Crippen LogP contribution in [0.2, 0.25) is 0 Å². The highest BCUT2D eigenvalue weighted by atomic mass is 16.4. The van der Waals surface area contributed by atoms with Gasteiger partial charge in [0.05, 0.1) is 5.56 Å². The van der Waals surface area contributed by atoms with E-state index in [4.69, 9.17) is 0 Å². The first-order chi connectivity index (χ1) is 14.6. The number of rotatable bonds is 6. The standard InChI is InChI=1S/C26H21NO3/c28-25(27-23(26(29)30)16-8-11-18-9-2-1-3-10-18)24-21-14-6-4-12-19(21)17-20-13-5-7-15-22(20)24/h1-15,17,23H,16H2,(H,27,28)(H,29,30)/b11-8+/t23-/m1/s1. The van der Waals surface area contributed by atoms with Crippen molar-refractivity contribution in [3.05, 3.63) is 102 Å². The fourth-order valence-electron chi connectivity index (χ4n) is 3.61.